The van der Waals surface area contributed by atoms with Crippen molar-refractivity contribution in [3.63, 3.8) is 0 Å². The Hall–Kier alpha value is -4.26. The van der Waals surface area contributed by atoms with Gasteiger partial charge < -0.3 is 23.9 Å². The quantitative estimate of drug-likeness (QED) is 0.300. The van der Waals surface area contributed by atoms with Gasteiger partial charge in [0.25, 0.3) is 0 Å². The highest BCUT2D eigenvalue weighted by Gasteiger charge is 2.24. The molecule has 0 radical (unpaired) electrons. The van der Waals surface area contributed by atoms with E-state index in [0.29, 0.717) is 52.7 Å². The van der Waals surface area contributed by atoms with E-state index in [4.69, 9.17) is 18.6 Å². The predicted molar refractivity (Wildman–Crippen MR) is 134 cm³/mol. The highest BCUT2D eigenvalue weighted by Crippen LogP contribution is 2.35. The third-order valence-corrected chi connectivity index (χ3v) is 5.37. The van der Waals surface area contributed by atoms with E-state index >= 15 is 0 Å². The molecule has 180 valence electrons. The van der Waals surface area contributed by atoms with Gasteiger partial charge in [0, 0.05) is 10.9 Å². The fourth-order valence-corrected chi connectivity index (χ4v) is 3.78. The van der Waals surface area contributed by atoms with Crippen LogP contribution in [-0.2, 0) is 11.2 Å². The van der Waals surface area contributed by atoms with Crippen LogP contribution in [0.25, 0.3) is 11.0 Å². The first-order chi connectivity index (χ1) is 17.0. The Morgan fingerprint density at radius 3 is 2.34 bits per heavy atom. The molecular formula is C28H27NO6. The average molecular weight is 474 g/mol. The number of anilines is 1. The molecule has 1 N–H and O–H groups in total. The number of ether oxygens (including phenoxy) is 3. The largest absolute Gasteiger partial charge is 0.497 e. The van der Waals surface area contributed by atoms with Gasteiger partial charge in [-0.15, -0.1) is 0 Å². The van der Waals surface area contributed by atoms with Gasteiger partial charge in [-0.05, 0) is 49.7 Å². The third kappa shape index (κ3) is 5.30. The minimum atomic E-state index is -0.323. The summed E-state index contributed by atoms with van der Waals surface area (Å²) in [5.41, 5.74) is 1.99. The van der Waals surface area contributed by atoms with E-state index in [-0.39, 0.29) is 23.9 Å². The van der Waals surface area contributed by atoms with Gasteiger partial charge in [0.15, 0.2) is 17.3 Å². The number of carbonyl (C=O) groups is 2. The van der Waals surface area contributed by atoms with Crippen molar-refractivity contribution in [3.05, 3.63) is 83.6 Å². The Labute approximate surface area is 203 Å². The Kier molecular flexibility index (Phi) is 7.35. The molecule has 1 amide bonds. The summed E-state index contributed by atoms with van der Waals surface area (Å²) in [6.45, 7) is 4.77. The molecule has 0 atom stereocenters. The van der Waals surface area contributed by atoms with Crippen LogP contribution in [-0.4, -0.2) is 32.0 Å². The second-order valence-corrected chi connectivity index (χ2v) is 7.74. The Morgan fingerprint density at radius 2 is 1.63 bits per heavy atom. The molecule has 3 aromatic carbocycles. The number of methoxy groups -OCH3 is 1. The topological polar surface area (TPSA) is 87.0 Å². The van der Waals surface area contributed by atoms with Gasteiger partial charge in [0.1, 0.15) is 11.3 Å². The number of amides is 1. The van der Waals surface area contributed by atoms with E-state index in [1.165, 1.54) is 0 Å². The summed E-state index contributed by atoms with van der Waals surface area (Å²) in [5, 5.41) is 3.48. The zero-order valence-electron chi connectivity index (χ0n) is 19.9. The van der Waals surface area contributed by atoms with Crippen molar-refractivity contribution in [2.24, 2.45) is 0 Å². The van der Waals surface area contributed by atoms with Crippen LogP contribution in [0, 0.1) is 0 Å². The summed E-state index contributed by atoms with van der Waals surface area (Å²) in [6, 6.07) is 19.4. The fourth-order valence-electron chi connectivity index (χ4n) is 3.78. The van der Waals surface area contributed by atoms with E-state index < -0.39 is 0 Å². The SMILES string of the molecule is CCOc1ccc(CC(=O)Nc2c(C(=O)c3ccccc3)oc3ccc(OC)cc23)cc1OCC. The van der Waals surface area contributed by atoms with Gasteiger partial charge in [0.05, 0.1) is 32.4 Å². The lowest BCUT2D eigenvalue weighted by atomic mass is 10.1. The monoisotopic (exact) mass is 473 g/mol. The number of hydrogen-bond acceptors (Lipinski definition) is 6. The number of nitrogens with one attached hydrogen (secondary N) is 1. The lowest BCUT2D eigenvalue weighted by Crippen LogP contribution is -2.16. The van der Waals surface area contributed by atoms with Gasteiger partial charge in [-0.3, -0.25) is 9.59 Å². The van der Waals surface area contributed by atoms with Crippen molar-refractivity contribution in [1.29, 1.82) is 0 Å². The van der Waals surface area contributed by atoms with Crippen LogP contribution in [0.1, 0.15) is 35.5 Å². The molecular weight excluding hydrogens is 446 g/mol. The summed E-state index contributed by atoms with van der Waals surface area (Å²) in [5.74, 6) is 1.23. The molecule has 0 aliphatic heterocycles. The summed E-state index contributed by atoms with van der Waals surface area (Å²) in [4.78, 5) is 26.3. The fraction of sp³-hybridized carbons (Fsp3) is 0.214. The first kappa shape index (κ1) is 23.9. The first-order valence-corrected chi connectivity index (χ1v) is 11.4. The summed E-state index contributed by atoms with van der Waals surface area (Å²) in [7, 11) is 1.55. The standard InChI is InChI=1S/C28H27NO6/c1-4-33-23-13-11-18(15-24(23)34-5-2)16-25(30)29-26-21-17-20(32-3)12-14-22(21)35-28(26)27(31)19-9-7-6-8-10-19/h6-15,17H,4-5,16H2,1-3H3,(H,29,30). The molecule has 0 aliphatic carbocycles. The molecule has 1 heterocycles. The number of fused-ring (bicyclic) bond motifs is 1. The van der Waals surface area contributed by atoms with E-state index in [2.05, 4.69) is 5.32 Å². The third-order valence-electron chi connectivity index (χ3n) is 5.37. The van der Waals surface area contributed by atoms with Crippen LogP contribution in [0.3, 0.4) is 0 Å². The van der Waals surface area contributed by atoms with E-state index in [0.717, 1.165) is 5.56 Å². The van der Waals surface area contributed by atoms with E-state index in [9.17, 15) is 9.59 Å². The van der Waals surface area contributed by atoms with Gasteiger partial charge >= 0.3 is 0 Å². The molecule has 0 spiro atoms. The summed E-state index contributed by atoms with van der Waals surface area (Å²) in [6.07, 6.45) is 0.0715. The maximum Gasteiger partial charge on any atom is 0.230 e. The average Bonchev–Trinajstić information content (AvgIpc) is 3.23. The molecule has 0 bridgehead atoms. The maximum absolute atomic E-state index is 13.2. The lowest BCUT2D eigenvalue weighted by Gasteiger charge is -2.12. The molecule has 4 aromatic rings. The molecule has 0 aliphatic rings. The molecule has 7 heteroatoms. The minimum Gasteiger partial charge on any atom is -0.497 e. The zero-order chi connectivity index (χ0) is 24.8. The Morgan fingerprint density at radius 1 is 0.886 bits per heavy atom. The van der Waals surface area contributed by atoms with Crippen molar-refractivity contribution >= 4 is 28.3 Å². The van der Waals surface area contributed by atoms with Gasteiger partial charge in [-0.2, -0.15) is 0 Å². The molecule has 1 aromatic heterocycles. The van der Waals surface area contributed by atoms with E-state index in [1.54, 1.807) is 61.7 Å². The number of carbonyl (C=O) groups excluding carboxylic acids is 2. The number of ketones is 1. The predicted octanol–water partition coefficient (Wildman–Crippen LogP) is 5.65. The van der Waals surface area contributed by atoms with E-state index in [1.807, 2.05) is 26.0 Å². The number of hydrogen-bond donors (Lipinski definition) is 1. The number of furan rings is 1. The molecule has 7 nitrogen and oxygen atoms in total. The van der Waals surface area contributed by atoms with Gasteiger partial charge in [0.2, 0.25) is 11.7 Å². The highest BCUT2D eigenvalue weighted by atomic mass is 16.5. The maximum atomic E-state index is 13.2. The van der Waals surface area contributed by atoms with Crippen LogP contribution < -0.4 is 19.5 Å². The molecule has 35 heavy (non-hydrogen) atoms. The van der Waals surface area contributed by atoms with Gasteiger partial charge in [-0.1, -0.05) is 36.4 Å². The molecule has 0 saturated heterocycles. The Bertz CT molecular complexity index is 1340. The van der Waals surface area contributed by atoms with Crippen LogP contribution in [0.2, 0.25) is 0 Å². The summed E-state index contributed by atoms with van der Waals surface area (Å²) >= 11 is 0. The normalized spacial score (nSPS) is 10.7. The van der Waals surface area contributed by atoms with Crippen molar-refractivity contribution < 1.29 is 28.2 Å². The zero-order valence-corrected chi connectivity index (χ0v) is 19.9. The summed E-state index contributed by atoms with van der Waals surface area (Å²) < 4.78 is 22.5. The first-order valence-electron chi connectivity index (χ1n) is 11.4. The minimum absolute atomic E-state index is 0.0644. The highest BCUT2D eigenvalue weighted by molar-refractivity contribution is 6.17. The van der Waals surface area contributed by atoms with Crippen LogP contribution in [0.4, 0.5) is 5.69 Å². The number of benzene rings is 3. The second kappa shape index (κ2) is 10.8. The smallest absolute Gasteiger partial charge is 0.230 e. The molecule has 0 fully saturated rings. The van der Waals surface area contributed by atoms with Crippen molar-refractivity contribution in [2.75, 3.05) is 25.6 Å². The lowest BCUT2D eigenvalue weighted by molar-refractivity contribution is -0.115. The molecule has 4 rings (SSSR count). The number of rotatable bonds is 10. The second-order valence-electron chi connectivity index (χ2n) is 7.74. The Balaban J connectivity index is 1.66. The van der Waals surface area contributed by atoms with Crippen molar-refractivity contribution in [3.8, 4) is 17.2 Å². The molecule has 0 unspecified atom stereocenters. The molecule has 0 saturated carbocycles. The van der Waals surface area contributed by atoms with Crippen LogP contribution in [0.5, 0.6) is 17.2 Å². The van der Waals surface area contributed by atoms with Gasteiger partial charge in [-0.25, -0.2) is 0 Å². The van der Waals surface area contributed by atoms with Crippen LogP contribution in [0.15, 0.2) is 71.1 Å². The van der Waals surface area contributed by atoms with Crippen LogP contribution >= 0.6 is 0 Å². The van der Waals surface area contributed by atoms with Crippen molar-refractivity contribution in [2.45, 2.75) is 20.3 Å². The van der Waals surface area contributed by atoms with Crippen molar-refractivity contribution in [1.82, 2.24) is 0 Å².